The lowest BCUT2D eigenvalue weighted by atomic mass is 10.1. The van der Waals surface area contributed by atoms with E-state index in [-0.39, 0.29) is 12.8 Å². The van der Waals surface area contributed by atoms with Crippen molar-refractivity contribution in [2.75, 3.05) is 26.2 Å². The van der Waals surface area contributed by atoms with E-state index in [0.29, 0.717) is 13.1 Å². The molecule has 0 aliphatic rings. The van der Waals surface area contributed by atoms with E-state index in [2.05, 4.69) is 22.5 Å². The van der Waals surface area contributed by atoms with Crippen LogP contribution in [0.1, 0.15) is 33.1 Å². The summed E-state index contributed by atoms with van der Waals surface area (Å²) < 4.78 is 0. The SMILES string of the molecule is CCCN(CC)CCNC(=O)N[C@@H](CCC(N)=O)C(=O)O. The number of carbonyl (C=O) groups excluding carboxylic acids is 2. The molecule has 0 unspecified atom stereocenters. The van der Waals surface area contributed by atoms with Crippen LogP contribution in [-0.4, -0.2) is 60.1 Å². The van der Waals surface area contributed by atoms with Gasteiger partial charge in [0.25, 0.3) is 0 Å². The van der Waals surface area contributed by atoms with Gasteiger partial charge in [-0.25, -0.2) is 9.59 Å². The van der Waals surface area contributed by atoms with Gasteiger partial charge in [0.1, 0.15) is 6.04 Å². The Labute approximate surface area is 125 Å². The van der Waals surface area contributed by atoms with Crippen LogP contribution < -0.4 is 16.4 Å². The van der Waals surface area contributed by atoms with Crippen LogP contribution in [0.2, 0.25) is 0 Å². The van der Waals surface area contributed by atoms with E-state index in [1.54, 1.807) is 0 Å². The zero-order chi connectivity index (χ0) is 16.3. The first-order valence-electron chi connectivity index (χ1n) is 7.18. The van der Waals surface area contributed by atoms with Crippen molar-refractivity contribution in [3.05, 3.63) is 0 Å². The zero-order valence-electron chi connectivity index (χ0n) is 12.7. The lowest BCUT2D eigenvalue weighted by Crippen LogP contribution is -2.47. The number of carboxylic acid groups (broad SMARTS) is 1. The van der Waals surface area contributed by atoms with Gasteiger partial charge in [0.05, 0.1) is 0 Å². The van der Waals surface area contributed by atoms with E-state index >= 15 is 0 Å². The van der Waals surface area contributed by atoms with E-state index in [9.17, 15) is 14.4 Å². The monoisotopic (exact) mass is 302 g/mol. The highest BCUT2D eigenvalue weighted by molar-refractivity contribution is 5.83. The summed E-state index contributed by atoms with van der Waals surface area (Å²) in [5.74, 6) is -1.78. The third-order valence-corrected chi connectivity index (χ3v) is 2.98. The summed E-state index contributed by atoms with van der Waals surface area (Å²) in [5, 5.41) is 13.9. The van der Waals surface area contributed by atoms with Crippen LogP contribution in [0, 0.1) is 0 Å². The minimum absolute atomic E-state index is 0.0188. The molecule has 0 fully saturated rings. The van der Waals surface area contributed by atoms with E-state index in [0.717, 1.165) is 19.5 Å². The molecule has 21 heavy (non-hydrogen) atoms. The van der Waals surface area contributed by atoms with Gasteiger partial charge in [0, 0.05) is 19.5 Å². The van der Waals surface area contributed by atoms with Gasteiger partial charge in [-0.1, -0.05) is 13.8 Å². The maximum absolute atomic E-state index is 11.6. The van der Waals surface area contributed by atoms with Gasteiger partial charge in [0.15, 0.2) is 0 Å². The number of amides is 3. The molecular weight excluding hydrogens is 276 g/mol. The Morgan fingerprint density at radius 2 is 1.90 bits per heavy atom. The van der Waals surface area contributed by atoms with Crippen molar-refractivity contribution in [2.24, 2.45) is 5.73 Å². The van der Waals surface area contributed by atoms with Crippen LogP contribution in [0.5, 0.6) is 0 Å². The fraction of sp³-hybridized carbons (Fsp3) is 0.769. The van der Waals surface area contributed by atoms with Gasteiger partial charge in [-0.15, -0.1) is 0 Å². The first-order valence-corrected chi connectivity index (χ1v) is 7.18. The number of nitrogens with one attached hydrogen (secondary N) is 2. The Morgan fingerprint density at radius 1 is 1.24 bits per heavy atom. The number of hydrogen-bond acceptors (Lipinski definition) is 4. The fourth-order valence-electron chi connectivity index (χ4n) is 1.83. The number of carboxylic acids is 1. The van der Waals surface area contributed by atoms with Crippen molar-refractivity contribution in [2.45, 2.75) is 39.2 Å². The lowest BCUT2D eigenvalue weighted by Gasteiger charge is -2.20. The summed E-state index contributed by atoms with van der Waals surface area (Å²) in [6, 6.07) is -1.67. The molecule has 8 nitrogen and oxygen atoms in total. The van der Waals surface area contributed by atoms with Crippen molar-refractivity contribution in [3.63, 3.8) is 0 Å². The molecular formula is C13H26N4O4. The Morgan fingerprint density at radius 3 is 2.38 bits per heavy atom. The first-order chi connectivity index (χ1) is 9.90. The van der Waals surface area contributed by atoms with Gasteiger partial charge in [-0.3, -0.25) is 4.79 Å². The predicted octanol–water partition coefficient (Wildman–Crippen LogP) is -0.264. The predicted molar refractivity (Wildman–Crippen MR) is 78.8 cm³/mol. The molecule has 0 aromatic heterocycles. The van der Waals surface area contributed by atoms with Crippen molar-refractivity contribution in [1.82, 2.24) is 15.5 Å². The number of nitrogens with zero attached hydrogens (tertiary/aromatic N) is 1. The molecule has 3 amide bonds. The molecule has 0 aromatic carbocycles. The van der Waals surface area contributed by atoms with Crippen molar-refractivity contribution in [3.8, 4) is 0 Å². The van der Waals surface area contributed by atoms with Gasteiger partial charge >= 0.3 is 12.0 Å². The van der Waals surface area contributed by atoms with E-state index in [4.69, 9.17) is 10.8 Å². The number of nitrogens with two attached hydrogens (primary N) is 1. The Bertz CT molecular complexity index is 349. The van der Waals surface area contributed by atoms with Crippen LogP contribution in [0.15, 0.2) is 0 Å². The summed E-state index contributed by atoms with van der Waals surface area (Å²) in [4.78, 5) is 35.4. The number of hydrogen-bond donors (Lipinski definition) is 4. The number of primary amides is 1. The number of likely N-dealkylation sites (N-methyl/N-ethyl adjacent to an activating group) is 1. The second-order valence-electron chi connectivity index (χ2n) is 4.73. The summed E-state index contributed by atoms with van der Waals surface area (Å²) in [7, 11) is 0. The van der Waals surface area contributed by atoms with E-state index in [1.165, 1.54) is 0 Å². The standard InChI is InChI=1S/C13H26N4O4/c1-3-8-17(4-2)9-7-15-13(21)16-10(12(19)20)5-6-11(14)18/h10H,3-9H2,1-2H3,(H2,14,18)(H,19,20)(H2,15,16,21)/t10-/m0/s1. The molecule has 0 saturated carbocycles. The highest BCUT2D eigenvalue weighted by Gasteiger charge is 2.20. The van der Waals surface area contributed by atoms with Crippen LogP contribution in [0.4, 0.5) is 4.79 Å². The normalized spacial score (nSPS) is 12.0. The Kier molecular flexibility index (Phi) is 9.95. The van der Waals surface area contributed by atoms with Gasteiger partial charge in [-0.05, 0) is 25.9 Å². The second kappa shape index (κ2) is 10.9. The minimum Gasteiger partial charge on any atom is -0.480 e. The van der Waals surface area contributed by atoms with Crippen LogP contribution in [-0.2, 0) is 9.59 Å². The summed E-state index contributed by atoms with van der Waals surface area (Å²) in [5.41, 5.74) is 4.96. The molecule has 0 radical (unpaired) electrons. The third kappa shape index (κ3) is 9.67. The molecule has 0 heterocycles. The van der Waals surface area contributed by atoms with Gasteiger partial charge in [-0.2, -0.15) is 0 Å². The summed E-state index contributed by atoms with van der Waals surface area (Å²) >= 11 is 0. The minimum atomic E-state index is -1.19. The quantitative estimate of drug-likeness (QED) is 0.418. The molecule has 0 aromatic rings. The largest absolute Gasteiger partial charge is 0.480 e. The molecule has 0 rings (SSSR count). The van der Waals surface area contributed by atoms with Crippen LogP contribution in [0.25, 0.3) is 0 Å². The van der Waals surface area contributed by atoms with Crippen LogP contribution in [0.3, 0.4) is 0 Å². The second-order valence-corrected chi connectivity index (χ2v) is 4.73. The Balaban J connectivity index is 4.08. The van der Waals surface area contributed by atoms with E-state index < -0.39 is 23.9 Å². The molecule has 0 aliphatic heterocycles. The van der Waals surface area contributed by atoms with Gasteiger partial charge in [0.2, 0.25) is 5.91 Å². The molecule has 0 aliphatic carbocycles. The topological polar surface area (TPSA) is 125 Å². The summed E-state index contributed by atoms with van der Waals surface area (Å²) in [6.07, 6.45) is 0.931. The molecule has 1 atom stereocenters. The molecule has 8 heteroatoms. The molecule has 0 bridgehead atoms. The smallest absolute Gasteiger partial charge is 0.326 e. The lowest BCUT2D eigenvalue weighted by molar-refractivity contribution is -0.139. The highest BCUT2D eigenvalue weighted by Crippen LogP contribution is 1.97. The fourth-order valence-corrected chi connectivity index (χ4v) is 1.83. The number of rotatable bonds is 11. The van der Waals surface area contributed by atoms with Crippen molar-refractivity contribution in [1.29, 1.82) is 0 Å². The number of aliphatic carboxylic acids is 1. The summed E-state index contributed by atoms with van der Waals surface area (Å²) in [6.45, 7) is 7.11. The maximum Gasteiger partial charge on any atom is 0.326 e. The molecule has 0 spiro atoms. The van der Waals surface area contributed by atoms with Crippen molar-refractivity contribution < 1.29 is 19.5 Å². The Hall–Kier alpha value is -1.83. The highest BCUT2D eigenvalue weighted by atomic mass is 16.4. The number of urea groups is 1. The zero-order valence-corrected chi connectivity index (χ0v) is 12.7. The molecule has 0 saturated heterocycles. The first kappa shape index (κ1) is 19.2. The average molecular weight is 302 g/mol. The van der Waals surface area contributed by atoms with Crippen LogP contribution >= 0.6 is 0 Å². The average Bonchev–Trinajstić information content (AvgIpc) is 2.41. The number of carbonyl (C=O) groups is 3. The molecule has 5 N–H and O–H groups in total. The maximum atomic E-state index is 11.6. The third-order valence-electron chi connectivity index (χ3n) is 2.98. The molecule has 122 valence electrons. The van der Waals surface area contributed by atoms with Gasteiger partial charge < -0.3 is 26.4 Å². The van der Waals surface area contributed by atoms with Crippen molar-refractivity contribution >= 4 is 17.9 Å². The van der Waals surface area contributed by atoms with E-state index in [1.807, 2.05) is 6.92 Å².